The molecule has 1 atom stereocenters. The molecule has 0 N–H and O–H groups in total. The Morgan fingerprint density at radius 3 is 2.57 bits per heavy atom. The summed E-state index contributed by atoms with van der Waals surface area (Å²) in [5.41, 5.74) is 0. The van der Waals surface area contributed by atoms with E-state index in [1.54, 1.807) is 4.31 Å². The Morgan fingerprint density at radius 1 is 1.29 bits per heavy atom. The Balaban J connectivity index is 2.72. The minimum Gasteiger partial charge on any atom is -0.212 e. The fourth-order valence-corrected chi connectivity index (χ4v) is 3.99. The molecule has 1 heterocycles. The van der Waals surface area contributed by atoms with Gasteiger partial charge in [-0.3, -0.25) is 0 Å². The Morgan fingerprint density at radius 2 is 2.00 bits per heavy atom. The summed E-state index contributed by atoms with van der Waals surface area (Å²) in [6.07, 6.45) is 4.91. The van der Waals surface area contributed by atoms with Crippen molar-refractivity contribution in [2.75, 3.05) is 12.3 Å². The summed E-state index contributed by atoms with van der Waals surface area (Å²) in [5.74, 6) is 0.309. The van der Waals surface area contributed by atoms with Crippen molar-refractivity contribution in [3.8, 4) is 0 Å². The first kappa shape index (κ1) is 12.0. The molecule has 0 bridgehead atoms. The van der Waals surface area contributed by atoms with Crippen LogP contribution < -0.4 is 0 Å². The molecule has 14 heavy (non-hydrogen) atoms. The van der Waals surface area contributed by atoms with E-state index in [1.807, 2.05) is 6.92 Å². The van der Waals surface area contributed by atoms with Gasteiger partial charge in [0.15, 0.2) is 0 Å². The quantitative estimate of drug-likeness (QED) is 0.725. The molecule has 0 aromatic heterocycles. The van der Waals surface area contributed by atoms with Crippen molar-refractivity contribution >= 4 is 10.0 Å². The molecular weight excluding hydrogens is 198 g/mol. The van der Waals surface area contributed by atoms with Crippen LogP contribution in [0.4, 0.5) is 0 Å². The zero-order chi connectivity index (χ0) is 10.6. The highest BCUT2D eigenvalue weighted by atomic mass is 32.2. The van der Waals surface area contributed by atoms with Gasteiger partial charge in [0.25, 0.3) is 0 Å². The Labute approximate surface area is 87.5 Å². The molecule has 4 heteroatoms. The van der Waals surface area contributed by atoms with Crippen molar-refractivity contribution in [3.05, 3.63) is 0 Å². The van der Waals surface area contributed by atoms with Crippen molar-refractivity contribution in [1.82, 2.24) is 4.31 Å². The maximum Gasteiger partial charge on any atom is 0.214 e. The van der Waals surface area contributed by atoms with E-state index in [4.69, 9.17) is 0 Å². The summed E-state index contributed by atoms with van der Waals surface area (Å²) in [5, 5.41) is 0. The molecule has 0 spiro atoms. The van der Waals surface area contributed by atoms with Crippen LogP contribution in [0.2, 0.25) is 0 Å². The topological polar surface area (TPSA) is 37.4 Å². The van der Waals surface area contributed by atoms with Gasteiger partial charge in [-0.15, -0.1) is 0 Å². The van der Waals surface area contributed by atoms with E-state index in [1.165, 1.54) is 6.42 Å². The number of hydrogen-bond acceptors (Lipinski definition) is 2. The monoisotopic (exact) mass is 219 g/mol. The predicted molar refractivity (Wildman–Crippen MR) is 58.7 cm³/mol. The highest BCUT2D eigenvalue weighted by molar-refractivity contribution is 7.89. The van der Waals surface area contributed by atoms with Crippen LogP contribution in [-0.2, 0) is 10.0 Å². The van der Waals surface area contributed by atoms with Crippen LogP contribution in [0.5, 0.6) is 0 Å². The van der Waals surface area contributed by atoms with E-state index < -0.39 is 10.0 Å². The van der Waals surface area contributed by atoms with Crippen molar-refractivity contribution in [3.63, 3.8) is 0 Å². The summed E-state index contributed by atoms with van der Waals surface area (Å²) in [6, 6.07) is 0.264. The van der Waals surface area contributed by atoms with Crippen LogP contribution in [0.3, 0.4) is 0 Å². The summed E-state index contributed by atoms with van der Waals surface area (Å²) >= 11 is 0. The number of piperidine rings is 1. The van der Waals surface area contributed by atoms with Crippen LogP contribution >= 0.6 is 0 Å². The summed E-state index contributed by atoms with van der Waals surface area (Å²) in [4.78, 5) is 0. The van der Waals surface area contributed by atoms with Gasteiger partial charge in [-0.1, -0.05) is 20.3 Å². The first-order chi connectivity index (χ1) is 6.61. The van der Waals surface area contributed by atoms with Crippen molar-refractivity contribution in [2.45, 2.75) is 52.0 Å². The Bertz CT molecular complexity index is 261. The molecule has 84 valence electrons. The standard InChI is InChI=1S/C10H21NO2S/c1-3-9-14(12,13)11-8-6-5-7-10(11)4-2/h10H,3-9H2,1-2H3/t10-/m0/s1. The van der Waals surface area contributed by atoms with Crippen LogP contribution in [0.1, 0.15) is 46.0 Å². The number of nitrogens with zero attached hydrogens (tertiary/aromatic N) is 1. The fourth-order valence-electron chi connectivity index (χ4n) is 2.12. The summed E-state index contributed by atoms with van der Waals surface area (Å²) in [6.45, 7) is 4.73. The lowest BCUT2D eigenvalue weighted by molar-refractivity contribution is 0.246. The molecular formula is C10H21NO2S. The van der Waals surface area contributed by atoms with Gasteiger partial charge in [0.05, 0.1) is 5.75 Å². The van der Waals surface area contributed by atoms with Gasteiger partial charge in [-0.05, 0) is 25.7 Å². The first-order valence-corrected chi connectivity index (χ1v) is 7.22. The van der Waals surface area contributed by atoms with Crippen LogP contribution in [-0.4, -0.2) is 31.1 Å². The fraction of sp³-hybridized carbons (Fsp3) is 1.00. The third-order valence-electron chi connectivity index (χ3n) is 2.86. The molecule has 0 unspecified atom stereocenters. The molecule has 1 saturated heterocycles. The Hall–Kier alpha value is -0.0900. The zero-order valence-electron chi connectivity index (χ0n) is 9.20. The largest absolute Gasteiger partial charge is 0.214 e. The van der Waals surface area contributed by atoms with Gasteiger partial charge in [-0.25, -0.2) is 8.42 Å². The van der Waals surface area contributed by atoms with Crippen molar-refractivity contribution < 1.29 is 8.42 Å². The smallest absolute Gasteiger partial charge is 0.212 e. The van der Waals surface area contributed by atoms with E-state index in [-0.39, 0.29) is 6.04 Å². The SMILES string of the molecule is CCCS(=O)(=O)N1CCCC[C@@H]1CC. The van der Waals surface area contributed by atoms with Gasteiger partial charge in [0.1, 0.15) is 0 Å². The van der Waals surface area contributed by atoms with E-state index in [2.05, 4.69) is 6.92 Å². The minimum atomic E-state index is -2.96. The van der Waals surface area contributed by atoms with Gasteiger partial charge in [0, 0.05) is 12.6 Å². The lowest BCUT2D eigenvalue weighted by Crippen LogP contribution is -2.44. The Kier molecular flexibility index (Phi) is 4.38. The molecule has 1 rings (SSSR count). The van der Waals surface area contributed by atoms with Crippen molar-refractivity contribution in [2.24, 2.45) is 0 Å². The van der Waals surface area contributed by atoms with Gasteiger partial charge in [0.2, 0.25) is 10.0 Å². The highest BCUT2D eigenvalue weighted by Crippen LogP contribution is 2.22. The third kappa shape index (κ3) is 2.70. The van der Waals surface area contributed by atoms with Crippen molar-refractivity contribution in [1.29, 1.82) is 0 Å². The number of rotatable bonds is 4. The zero-order valence-corrected chi connectivity index (χ0v) is 10.0. The average Bonchev–Trinajstić information content (AvgIpc) is 2.18. The highest BCUT2D eigenvalue weighted by Gasteiger charge is 2.29. The van der Waals surface area contributed by atoms with Crippen LogP contribution in [0.15, 0.2) is 0 Å². The normalized spacial score (nSPS) is 25.1. The number of hydrogen-bond donors (Lipinski definition) is 0. The second-order valence-electron chi connectivity index (χ2n) is 3.98. The molecule has 3 nitrogen and oxygen atoms in total. The lowest BCUT2D eigenvalue weighted by atomic mass is 10.0. The van der Waals surface area contributed by atoms with Gasteiger partial charge in [-0.2, -0.15) is 4.31 Å². The minimum absolute atomic E-state index is 0.264. The number of sulfonamides is 1. The summed E-state index contributed by atoms with van der Waals surface area (Å²) < 4.78 is 25.5. The maximum atomic E-state index is 11.9. The second-order valence-corrected chi connectivity index (χ2v) is 6.03. The molecule has 0 radical (unpaired) electrons. The predicted octanol–water partition coefficient (Wildman–Crippen LogP) is 1.99. The average molecular weight is 219 g/mol. The maximum absolute atomic E-state index is 11.9. The first-order valence-electron chi connectivity index (χ1n) is 5.61. The molecule has 0 aliphatic carbocycles. The van der Waals surface area contributed by atoms with Crippen LogP contribution in [0.25, 0.3) is 0 Å². The third-order valence-corrected chi connectivity index (χ3v) is 4.98. The van der Waals surface area contributed by atoms with E-state index in [9.17, 15) is 8.42 Å². The molecule has 1 aliphatic rings. The lowest BCUT2D eigenvalue weighted by Gasteiger charge is -2.34. The molecule has 1 aliphatic heterocycles. The van der Waals surface area contributed by atoms with Gasteiger partial charge >= 0.3 is 0 Å². The molecule has 0 saturated carbocycles. The second kappa shape index (κ2) is 5.12. The molecule has 0 aromatic carbocycles. The van der Waals surface area contributed by atoms with E-state index in [0.717, 1.165) is 32.2 Å². The molecule has 1 fully saturated rings. The van der Waals surface area contributed by atoms with Crippen LogP contribution in [0, 0.1) is 0 Å². The molecule has 0 amide bonds. The molecule has 0 aromatic rings. The van der Waals surface area contributed by atoms with E-state index >= 15 is 0 Å². The van der Waals surface area contributed by atoms with Gasteiger partial charge < -0.3 is 0 Å². The summed E-state index contributed by atoms with van der Waals surface area (Å²) in [7, 11) is -2.96. The van der Waals surface area contributed by atoms with E-state index in [0.29, 0.717) is 5.75 Å².